The van der Waals surface area contributed by atoms with Crippen LogP contribution in [0.2, 0.25) is 0 Å². The van der Waals surface area contributed by atoms with Gasteiger partial charge in [-0.2, -0.15) is 0 Å². The van der Waals surface area contributed by atoms with E-state index in [4.69, 9.17) is 4.74 Å². The summed E-state index contributed by atoms with van der Waals surface area (Å²) < 4.78 is 5.82. The van der Waals surface area contributed by atoms with Crippen LogP contribution in [-0.2, 0) is 4.74 Å². The number of nitrogens with zero attached hydrogens (tertiary/aromatic N) is 1. The topological polar surface area (TPSA) is 12.5 Å². The third-order valence-corrected chi connectivity index (χ3v) is 4.53. The normalized spacial score (nSPS) is 32.1. The predicted octanol–water partition coefficient (Wildman–Crippen LogP) is 3.46. The van der Waals surface area contributed by atoms with Gasteiger partial charge in [-0.05, 0) is 45.2 Å². The fourth-order valence-electron chi connectivity index (χ4n) is 3.61. The number of hydrogen-bond acceptors (Lipinski definition) is 2. The maximum atomic E-state index is 5.82. The van der Waals surface area contributed by atoms with Gasteiger partial charge in [0.1, 0.15) is 0 Å². The SMILES string of the molecule is CC.CCN1CCCC1(CC)C1(OC)CC1. The van der Waals surface area contributed by atoms with Crippen LogP contribution < -0.4 is 0 Å². The average molecular weight is 227 g/mol. The Hall–Kier alpha value is -0.0800. The van der Waals surface area contributed by atoms with Gasteiger partial charge in [0.2, 0.25) is 0 Å². The number of hydrogen-bond donors (Lipinski definition) is 0. The second-order valence-electron chi connectivity index (χ2n) is 4.77. The third-order valence-electron chi connectivity index (χ3n) is 4.53. The molecular formula is C14H29NO. The second-order valence-corrected chi connectivity index (χ2v) is 4.77. The van der Waals surface area contributed by atoms with E-state index < -0.39 is 0 Å². The van der Waals surface area contributed by atoms with Gasteiger partial charge in [0, 0.05) is 12.6 Å². The van der Waals surface area contributed by atoms with Crippen LogP contribution in [0.4, 0.5) is 0 Å². The predicted molar refractivity (Wildman–Crippen MR) is 69.8 cm³/mol. The molecule has 0 aromatic rings. The Labute approximate surface area is 101 Å². The molecule has 1 aliphatic heterocycles. The quantitative estimate of drug-likeness (QED) is 0.729. The number of rotatable bonds is 4. The van der Waals surface area contributed by atoms with E-state index in [-0.39, 0.29) is 5.60 Å². The van der Waals surface area contributed by atoms with E-state index in [1.54, 1.807) is 0 Å². The van der Waals surface area contributed by atoms with Crippen LogP contribution >= 0.6 is 0 Å². The first-order valence-corrected chi connectivity index (χ1v) is 7.05. The number of ether oxygens (including phenoxy) is 1. The molecule has 0 radical (unpaired) electrons. The molecule has 96 valence electrons. The zero-order valence-electron chi connectivity index (χ0n) is 11.8. The first-order chi connectivity index (χ1) is 7.74. The van der Waals surface area contributed by atoms with Crippen LogP contribution in [0.25, 0.3) is 0 Å². The minimum Gasteiger partial charge on any atom is -0.376 e. The summed E-state index contributed by atoms with van der Waals surface area (Å²) in [6, 6.07) is 0. The highest BCUT2D eigenvalue weighted by Crippen LogP contribution is 2.56. The van der Waals surface area contributed by atoms with E-state index in [1.165, 1.54) is 45.2 Å². The summed E-state index contributed by atoms with van der Waals surface area (Å²) in [5, 5.41) is 0. The highest BCUT2D eigenvalue weighted by Gasteiger charge is 2.62. The second kappa shape index (κ2) is 5.50. The van der Waals surface area contributed by atoms with Crippen molar-refractivity contribution in [1.82, 2.24) is 4.90 Å². The Kier molecular flexibility index (Phi) is 4.81. The van der Waals surface area contributed by atoms with Crippen molar-refractivity contribution in [2.45, 2.75) is 70.9 Å². The highest BCUT2D eigenvalue weighted by atomic mass is 16.5. The van der Waals surface area contributed by atoms with Gasteiger partial charge in [0.15, 0.2) is 0 Å². The molecule has 0 aromatic heterocycles. The van der Waals surface area contributed by atoms with Gasteiger partial charge < -0.3 is 4.74 Å². The molecule has 1 unspecified atom stereocenters. The van der Waals surface area contributed by atoms with Gasteiger partial charge in [-0.25, -0.2) is 0 Å². The van der Waals surface area contributed by atoms with Crippen LogP contribution in [0.5, 0.6) is 0 Å². The Morgan fingerprint density at radius 3 is 2.12 bits per heavy atom. The van der Waals surface area contributed by atoms with Gasteiger partial charge in [-0.15, -0.1) is 0 Å². The Bertz CT molecular complexity index is 213. The van der Waals surface area contributed by atoms with E-state index in [9.17, 15) is 0 Å². The molecule has 2 aliphatic rings. The van der Waals surface area contributed by atoms with E-state index in [1.807, 2.05) is 21.0 Å². The first-order valence-electron chi connectivity index (χ1n) is 7.05. The van der Waals surface area contributed by atoms with Gasteiger partial charge in [0.25, 0.3) is 0 Å². The van der Waals surface area contributed by atoms with Gasteiger partial charge >= 0.3 is 0 Å². The number of likely N-dealkylation sites (N-methyl/N-ethyl adjacent to an activating group) is 1. The molecule has 2 nitrogen and oxygen atoms in total. The lowest BCUT2D eigenvalue weighted by Gasteiger charge is -2.43. The average Bonchev–Trinajstić information content (AvgIpc) is 3.05. The van der Waals surface area contributed by atoms with Crippen LogP contribution in [0.15, 0.2) is 0 Å². The Balaban J connectivity index is 0.000000606. The molecule has 1 saturated heterocycles. The van der Waals surface area contributed by atoms with Gasteiger partial charge in [0.05, 0.1) is 5.60 Å². The van der Waals surface area contributed by atoms with Crippen LogP contribution in [0, 0.1) is 0 Å². The largest absolute Gasteiger partial charge is 0.376 e. The van der Waals surface area contributed by atoms with Crippen molar-refractivity contribution in [2.24, 2.45) is 0 Å². The number of methoxy groups -OCH3 is 1. The van der Waals surface area contributed by atoms with E-state index in [0.717, 1.165) is 0 Å². The highest BCUT2D eigenvalue weighted by molar-refractivity contribution is 5.17. The van der Waals surface area contributed by atoms with Crippen molar-refractivity contribution in [3.8, 4) is 0 Å². The van der Waals surface area contributed by atoms with Crippen molar-refractivity contribution in [3.05, 3.63) is 0 Å². The molecule has 0 N–H and O–H groups in total. The van der Waals surface area contributed by atoms with E-state index in [2.05, 4.69) is 18.7 Å². The molecule has 2 rings (SSSR count). The summed E-state index contributed by atoms with van der Waals surface area (Å²) in [4.78, 5) is 2.66. The minimum absolute atomic E-state index is 0.217. The Morgan fingerprint density at radius 1 is 1.12 bits per heavy atom. The van der Waals surface area contributed by atoms with Gasteiger partial charge in [-0.1, -0.05) is 27.7 Å². The molecule has 1 aliphatic carbocycles. The Morgan fingerprint density at radius 2 is 1.75 bits per heavy atom. The van der Waals surface area contributed by atoms with Crippen molar-refractivity contribution < 1.29 is 4.74 Å². The summed E-state index contributed by atoms with van der Waals surface area (Å²) in [6.07, 6.45) is 6.48. The molecule has 2 fully saturated rings. The fraction of sp³-hybridized carbons (Fsp3) is 1.00. The standard InChI is InChI=1S/C12H23NO.C2H6/c1-4-11(12(14-3)8-9-12)7-6-10-13(11)5-2;1-2/h4-10H2,1-3H3;1-2H3. The molecule has 1 atom stereocenters. The molecule has 2 heteroatoms. The summed E-state index contributed by atoms with van der Waals surface area (Å²) in [5.41, 5.74) is 0.588. The van der Waals surface area contributed by atoms with E-state index >= 15 is 0 Å². The molecule has 0 aromatic carbocycles. The van der Waals surface area contributed by atoms with Crippen molar-refractivity contribution in [1.29, 1.82) is 0 Å². The third kappa shape index (κ3) is 1.91. The van der Waals surface area contributed by atoms with Crippen molar-refractivity contribution in [2.75, 3.05) is 20.2 Å². The first kappa shape index (κ1) is 14.0. The minimum atomic E-state index is 0.217. The lowest BCUT2D eigenvalue weighted by atomic mass is 9.84. The van der Waals surface area contributed by atoms with Crippen molar-refractivity contribution in [3.63, 3.8) is 0 Å². The molecule has 1 heterocycles. The van der Waals surface area contributed by atoms with E-state index in [0.29, 0.717) is 5.54 Å². The monoisotopic (exact) mass is 227 g/mol. The van der Waals surface area contributed by atoms with Crippen molar-refractivity contribution >= 4 is 0 Å². The molecular weight excluding hydrogens is 198 g/mol. The number of likely N-dealkylation sites (tertiary alicyclic amines) is 1. The molecule has 16 heavy (non-hydrogen) atoms. The van der Waals surface area contributed by atoms with Crippen LogP contribution in [0.1, 0.15) is 59.8 Å². The summed E-state index contributed by atoms with van der Waals surface area (Å²) in [5.74, 6) is 0. The zero-order valence-corrected chi connectivity index (χ0v) is 11.8. The fourth-order valence-corrected chi connectivity index (χ4v) is 3.61. The van der Waals surface area contributed by atoms with Crippen LogP contribution in [-0.4, -0.2) is 36.2 Å². The lowest BCUT2D eigenvalue weighted by Crippen LogP contribution is -2.54. The maximum Gasteiger partial charge on any atom is 0.0863 e. The van der Waals surface area contributed by atoms with Gasteiger partial charge in [-0.3, -0.25) is 4.90 Å². The zero-order chi connectivity index (χ0) is 12.2. The molecule has 0 amide bonds. The van der Waals surface area contributed by atoms with Crippen LogP contribution in [0.3, 0.4) is 0 Å². The smallest absolute Gasteiger partial charge is 0.0863 e. The summed E-state index contributed by atoms with van der Waals surface area (Å²) >= 11 is 0. The molecule has 1 saturated carbocycles. The molecule has 0 bridgehead atoms. The summed E-state index contributed by atoms with van der Waals surface area (Å²) in [6.45, 7) is 11.1. The lowest BCUT2D eigenvalue weighted by molar-refractivity contribution is -0.0563. The maximum absolute atomic E-state index is 5.82. The molecule has 0 spiro atoms. The summed E-state index contributed by atoms with van der Waals surface area (Å²) in [7, 11) is 1.90.